The number of nitrogens with one attached hydrogen (secondary N) is 2. The minimum absolute atomic E-state index is 0.0351. The van der Waals surface area contributed by atoms with Gasteiger partial charge in [-0.1, -0.05) is 75.5 Å². The zero-order valence-electron chi connectivity index (χ0n) is 25.5. The molecule has 0 radical (unpaired) electrons. The molecule has 12 heteroatoms. The van der Waals surface area contributed by atoms with Crippen LogP contribution in [-0.4, -0.2) is 80.6 Å². The Morgan fingerprint density at radius 2 is 1.56 bits per heavy atom. The fraction of sp³-hybridized carbons (Fsp3) is 0.645. The lowest BCUT2D eigenvalue weighted by molar-refractivity contribution is -0.139. The van der Waals surface area contributed by atoms with Crippen molar-refractivity contribution in [1.82, 2.24) is 10.6 Å². The van der Waals surface area contributed by atoms with Crippen LogP contribution >= 0.6 is 11.8 Å². The third-order valence-electron chi connectivity index (χ3n) is 6.38. The number of allylic oxidation sites excluding steroid dienone is 5. The first-order chi connectivity index (χ1) is 20.5. The van der Waals surface area contributed by atoms with E-state index in [1.165, 1.54) is 50.8 Å². The topological polar surface area (TPSA) is 196 Å². The van der Waals surface area contributed by atoms with Crippen LogP contribution in [0.15, 0.2) is 36.5 Å². The van der Waals surface area contributed by atoms with Crippen LogP contribution in [-0.2, 0) is 24.0 Å². The number of amides is 2. The number of hydrogen-bond donors (Lipinski definition) is 6. The zero-order chi connectivity index (χ0) is 32.5. The van der Waals surface area contributed by atoms with Crippen LogP contribution in [0.5, 0.6) is 0 Å². The number of aliphatic hydroxyl groups is 1. The van der Waals surface area contributed by atoms with Crippen molar-refractivity contribution < 1.29 is 39.3 Å². The average Bonchev–Trinajstić information content (AvgIpc) is 2.95. The molecule has 0 rings (SSSR count). The summed E-state index contributed by atoms with van der Waals surface area (Å²) in [5.41, 5.74) is 5.46. The van der Waals surface area contributed by atoms with E-state index in [-0.39, 0.29) is 50.2 Å². The largest absolute Gasteiger partial charge is 0.481 e. The molecule has 4 atom stereocenters. The summed E-state index contributed by atoms with van der Waals surface area (Å²) in [4.78, 5) is 58.4. The first-order valence-corrected chi connectivity index (χ1v) is 16.1. The number of carbonyl (C=O) groups excluding carboxylic acids is 3. The van der Waals surface area contributed by atoms with Gasteiger partial charge in [0.25, 0.3) is 0 Å². The second-order valence-electron chi connectivity index (χ2n) is 10.4. The van der Waals surface area contributed by atoms with Crippen LogP contribution in [0.2, 0.25) is 0 Å². The third kappa shape index (κ3) is 23.2. The molecule has 0 heterocycles. The van der Waals surface area contributed by atoms with Crippen molar-refractivity contribution in [3.63, 3.8) is 0 Å². The SMILES string of the molecule is CCCCCCCC\C=C/C=C/C=C/[C@@H](SC[C@H](NC(=O)CC[C@H](N)C(=O)O)C(=O)NCC(C)=O)[C@@H](O)CCCC(=O)O. The van der Waals surface area contributed by atoms with Gasteiger partial charge in [0, 0.05) is 23.8 Å². The van der Waals surface area contributed by atoms with E-state index in [9.17, 15) is 29.1 Å². The Kier molecular flexibility index (Phi) is 23.8. The van der Waals surface area contributed by atoms with Gasteiger partial charge >= 0.3 is 11.9 Å². The predicted molar refractivity (Wildman–Crippen MR) is 170 cm³/mol. The maximum atomic E-state index is 12.8. The number of carbonyl (C=O) groups is 5. The molecule has 0 aromatic carbocycles. The van der Waals surface area contributed by atoms with E-state index in [1.54, 1.807) is 12.2 Å². The number of unbranched alkanes of at least 4 members (excludes halogenated alkanes) is 6. The van der Waals surface area contributed by atoms with Crippen molar-refractivity contribution in [2.24, 2.45) is 5.73 Å². The Morgan fingerprint density at radius 3 is 2.21 bits per heavy atom. The first-order valence-electron chi connectivity index (χ1n) is 15.0. The molecule has 0 aromatic heterocycles. The lowest BCUT2D eigenvalue weighted by Gasteiger charge is -2.23. The van der Waals surface area contributed by atoms with Gasteiger partial charge in [-0.05, 0) is 39.0 Å². The van der Waals surface area contributed by atoms with Gasteiger partial charge in [-0.2, -0.15) is 0 Å². The summed E-state index contributed by atoms with van der Waals surface area (Å²) in [6.07, 6.45) is 18.9. The van der Waals surface area contributed by atoms with E-state index in [0.29, 0.717) is 0 Å². The molecule has 0 saturated carbocycles. The Bertz CT molecular complexity index is 938. The lowest BCUT2D eigenvalue weighted by Crippen LogP contribution is -2.49. The normalized spacial score (nSPS) is 14.5. The molecule has 7 N–H and O–H groups in total. The molecule has 0 spiro atoms. The molecule has 0 aromatic rings. The number of thioether (sulfide) groups is 1. The molecule has 0 aliphatic rings. The number of aliphatic hydroxyl groups excluding tert-OH is 1. The summed E-state index contributed by atoms with van der Waals surface area (Å²) in [6, 6.07) is -2.29. The number of carboxylic acid groups (broad SMARTS) is 2. The van der Waals surface area contributed by atoms with E-state index in [2.05, 4.69) is 23.6 Å². The number of carboxylic acids is 2. The van der Waals surface area contributed by atoms with Crippen molar-refractivity contribution in [2.75, 3.05) is 12.3 Å². The smallest absolute Gasteiger partial charge is 0.320 e. The number of Topliss-reactive ketones (excluding diaryl/α,β-unsaturated/α-hetero) is 1. The number of hydrogen-bond acceptors (Lipinski definition) is 8. The molecule has 2 amide bonds. The summed E-state index contributed by atoms with van der Waals surface area (Å²) in [6.45, 7) is 3.28. The van der Waals surface area contributed by atoms with E-state index >= 15 is 0 Å². The molecule has 0 fully saturated rings. The van der Waals surface area contributed by atoms with Crippen molar-refractivity contribution in [3.05, 3.63) is 36.5 Å². The van der Waals surface area contributed by atoms with Gasteiger partial charge in [-0.3, -0.25) is 24.0 Å². The van der Waals surface area contributed by atoms with Gasteiger partial charge in [0.15, 0.2) is 0 Å². The fourth-order valence-electron chi connectivity index (χ4n) is 3.84. The standard InChI is InChI=1S/C31H51N3O8S/c1-3-4-5-6-7-8-9-10-11-12-13-14-17-27(26(36)16-15-18-29(38)39)43-22-25(30(40)33-21-23(2)35)34-28(37)20-19-24(32)31(41)42/h10-14,17,24-27,36H,3-9,15-16,18-22,32H2,1-2H3,(H,33,40)(H,34,37)(H,38,39)(H,41,42)/b11-10-,13-12+,17-14+/t24-,25-,26-,27+/m0/s1. The summed E-state index contributed by atoms with van der Waals surface area (Å²) < 4.78 is 0. The summed E-state index contributed by atoms with van der Waals surface area (Å²) >= 11 is 1.20. The second kappa shape index (κ2) is 25.5. The summed E-state index contributed by atoms with van der Waals surface area (Å²) in [7, 11) is 0. The van der Waals surface area contributed by atoms with Crippen molar-refractivity contribution in [3.8, 4) is 0 Å². The van der Waals surface area contributed by atoms with E-state index in [0.717, 1.165) is 12.8 Å². The monoisotopic (exact) mass is 625 g/mol. The Balaban J connectivity index is 5.31. The van der Waals surface area contributed by atoms with Gasteiger partial charge in [-0.25, -0.2) is 0 Å². The van der Waals surface area contributed by atoms with Gasteiger partial charge in [0.05, 0.1) is 12.6 Å². The molecular weight excluding hydrogens is 574 g/mol. The van der Waals surface area contributed by atoms with Crippen molar-refractivity contribution in [1.29, 1.82) is 0 Å². The zero-order valence-corrected chi connectivity index (χ0v) is 26.4. The highest BCUT2D eigenvalue weighted by Crippen LogP contribution is 2.22. The minimum atomic E-state index is -1.24. The van der Waals surface area contributed by atoms with Crippen LogP contribution < -0.4 is 16.4 Å². The molecule has 11 nitrogen and oxygen atoms in total. The van der Waals surface area contributed by atoms with Gasteiger partial charge in [0.1, 0.15) is 17.9 Å². The van der Waals surface area contributed by atoms with Gasteiger partial charge in [0.2, 0.25) is 11.8 Å². The Hall–Kier alpha value is -2.96. The van der Waals surface area contributed by atoms with Gasteiger partial charge < -0.3 is 31.7 Å². The molecular formula is C31H51N3O8S. The number of aliphatic carboxylic acids is 2. The number of ketones is 1. The van der Waals surface area contributed by atoms with Crippen molar-refractivity contribution in [2.45, 2.75) is 114 Å². The highest BCUT2D eigenvalue weighted by molar-refractivity contribution is 8.00. The summed E-state index contributed by atoms with van der Waals surface area (Å²) in [5.74, 6) is -3.63. The van der Waals surface area contributed by atoms with Crippen LogP contribution in [0.4, 0.5) is 0 Å². The quantitative estimate of drug-likeness (QED) is 0.0611. The molecule has 43 heavy (non-hydrogen) atoms. The van der Waals surface area contributed by atoms with Crippen LogP contribution in [0.25, 0.3) is 0 Å². The maximum absolute atomic E-state index is 12.8. The van der Waals surface area contributed by atoms with Crippen LogP contribution in [0.3, 0.4) is 0 Å². The predicted octanol–water partition coefficient (Wildman–Crippen LogP) is 3.51. The molecule has 0 aliphatic heterocycles. The average molecular weight is 626 g/mol. The molecule has 0 unspecified atom stereocenters. The number of rotatable bonds is 26. The van der Waals surface area contributed by atoms with Gasteiger partial charge in [-0.15, -0.1) is 11.8 Å². The van der Waals surface area contributed by atoms with E-state index in [4.69, 9.17) is 15.9 Å². The van der Waals surface area contributed by atoms with Crippen LogP contribution in [0.1, 0.15) is 90.9 Å². The highest BCUT2D eigenvalue weighted by atomic mass is 32.2. The fourth-order valence-corrected chi connectivity index (χ4v) is 5.05. The highest BCUT2D eigenvalue weighted by Gasteiger charge is 2.25. The lowest BCUT2D eigenvalue weighted by atomic mass is 10.1. The molecule has 244 valence electrons. The molecule has 0 bridgehead atoms. The minimum Gasteiger partial charge on any atom is -0.481 e. The third-order valence-corrected chi connectivity index (χ3v) is 7.76. The Morgan fingerprint density at radius 1 is 0.884 bits per heavy atom. The summed E-state index contributed by atoms with van der Waals surface area (Å²) in [5, 5.41) is 33.2. The Labute approximate surface area is 259 Å². The first kappa shape index (κ1) is 40.0. The maximum Gasteiger partial charge on any atom is 0.320 e. The van der Waals surface area contributed by atoms with Crippen LogP contribution in [0, 0.1) is 0 Å². The molecule has 0 saturated heterocycles. The van der Waals surface area contributed by atoms with Crippen molar-refractivity contribution >= 4 is 41.3 Å². The number of nitrogens with two attached hydrogens (primary N) is 1. The van der Waals surface area contributed by atoms with E-state index < -0.39 is 47.2 Å². The second-order valence-corrected chi connectivity index (χ2v) is 11.6. The molecule has 0 aliphatic carbocycles. The van der Waals surface area contributed by atoms with E-state index in [1.807, 2.05) is 18.2 Å².